The number of amides is 1. The molecule has 0 atom stereocenters. The molecule has 3 heterocycles. The van der Waals surface area contributed by atoms with E-state index in [4.69, 9.17) is 15.5 Å². The van der Waals surface area contributed by atoms with Crippen LogP contribution in [0.2, 0.25) is 0 Å². The number of benzene rings is 2. The van der Waals surface area contributed by atoms with Gasteiger partial charge in [-0.1, -0.05) is 12.6 Å². The van der Waals surface area contributed by atoms with Crippen LogP contribution in [0.25, 0.3) is 0 Å². The number of carbonyl (C=O) groups excluding carboxylic acids is 1. The van der Waals surface area contributed by atoms with Gasteiger partial charge in [-0.3, -0.25) is 9.79 Å². The van der Waals surface area contributed by atoms with Gasteiger partial charge in [-0.05, 0) is 62.0 Å². The summed E-state index contributed by atoms with van der Waals surface area (Å²) in [7, 11) is 1.97. The molecule has 2 aromatic rings. The average molecular weight is 623 g/mol. The van der Waals surface area contributed by atoms with Gasteiger partial charge in [-0.25, -0.2) is 4.99 Å². The normalized spacial score (nSPS) is 19.8. The van der Waals surface area contributed by atoms with Gasteiger partial charge in [-0.2, -0.15) is 13.2 Å². The molecule has 4 N–H and O–H groups in total. The van der Waals surface area contributed by atoms with Gasteiger partial charge >= 0.3 is 6.18 Å². The molecule has 10 nitrogen and oxygen atoms in total. The molecule has 5 rings (SSSR count). The Labute approximate surface area is 260 Å². The number of rotatable bonds is 6. The molecule has 2 fully saturated rings. The summed E-state index contributed by atoms with van der Waals surface area (Å²) in [4.78, 5) is 28.5. The van der Waals surface area contributed by atoms with E-state index in [0.717, 1.165) is 36.6 Å². The van der Waals surface area contributed by atoms with E-state index in [2.05, 4.69) is 32.0 Å². The van der Waals surface area contributed by atoms with Crippen molar-refractivity contribution in [1.29, 1.82) is 0 Å². The van der Waals surface area contributed by atoms with Crippen LogP contribution in [0.5, 0.6) is 0 Å². The Morgan fingerprint density at radius 3 is 2.44 bits per heavy atom. The number of nitrogens with two attached hydrogens (primary N) is 1. The standard InChI is InChI=1S/C32H37F3N8O2/c1-4-37-26-7-8-28(43-13-15-45-16-14-43)40-29(26)30(36)39-27-17-22(6-5-21(27)2)31(44)38-24-18-23(32(33,34)35)19-25(20-24)42-11-9-41(3)10-12-42/h4-8,17-20,39H,1,9-16,36H2,2-3H3,(H,38,44)/b30-29-,37-26-. The minimum Gasteiger partial charge on any atom is -0.383 e. The molecule has 0 radical (unpaired) electrons. The third-order valence-electron chi connectivity index (χ3n) is 7.82. The summed E-state index contributed by atoms with van der Waals surface area (Å²) in [5.41, 5.74) is 8.65. The van der Waals surface area contributed by atoms with Crippen LogP contribution in [0.1, 0.15) is 21.5 Å². The molecule has 3 aliphatic rings. The Morgan fingerprint density at radius 2 is 1.76 bits per heavy atom. The highest BCUT2D eigenvalue weighted by atomic mass is 19.4. The predicted molar refractivity (Wildman–Crippen MR) is 172 cm³/mol. The van der Waals surface area contributed by atoms with E-state index in [0.29, 0.717) is 62.2 Å². The van der Waals surface area contributed by atoms with Gasteiger partial charge in [0.1, 0.15) is 17.4 Å². The van der Waals surface area contributed by atoms with Gasteiger partial charge in [0.2, 0.25) is 0 Å². The highest BCUT2D eigenvalue weighted by Crippen LogP contribution is 2.35. The number of likely N-dealkylation sites (N-methyl/N-ethyl adjacent to an activating group) is 1. The molecule has 0 aromatic heterocycles. The number of morpholine rings is 1. The minimum atomic E-state index is -4.57. The summed E-state index contributed by atoms with van der Waals surface area (Å²) in [6.07, 6.45) is 0.511. The number of carbonyl (C=O) groups is 1. The lowest BCUT2D eigenvalue weighted by molar-refractivity contribution is -0.137. The Hall–Kier alpha value is -4.62. The van der Waals surface area contributed by atoms with Crippen LogP contribution in [0.3, 0.4) is 0 Å². The number of nitrogens with one attached hydrogen (secondary N) is 2. The van der Waals surface area contributed by atoms with Crippen molar-refractivity contribution in [2.24, 2.45) is 15.7 Å². The fourth-order valence-corrected chi connectivity index (χ4v) is 5.21. The third kappa shape index (κ3) is 7.73. The van der Waals surface area contributed by atoms with E-state index in [1.165, 1.54) is 6.20 Å². The van der Waals surface area contributed by atoms with E-state index < -0.39 is 17.6 Å². The molecule has 0 bridgehead atoms. The molecule has 0 aliphatic carbocycles. The van der Waals surface area contributed by atoms with Crippen LogP contribution in [0.15, 0.2) is 82.8 Å². The SMILES string of the molecule is C=C/N=C1/C=CC(N2CCOCC2)=N/C1=C(/N)Nc1cc(C(=O)Nc2cc(N3CCN(C)CC3)cc(C(F)(F)F)c2)ccc1C. The van der Waals surface area contributed by atoms with Crippen molar-refractivity contribution in [3.63, 3.8) is 0 Å². The number of halogens is 3. The molecular formula is C32H37F3N8O2. The van der Waals surface area contributed by atoms with Crippen molar-refractivity contribution >= 4 is 34.5 Å². The van der Waals surface area contributed by atoms with Crippen LogP contribution < -0.4 is 21.3 Å². The van der Waals surface area contributed by atoms with Gasteiger partial charge in [0.05, 0.1) is 24.5 Å². The van der Waals surface area contributed by atoms with Crippen LogP contribution in [0.4, 0.5) is 30.2 Å². The Morgan fingerprint density at radius 1 is 1.02 bits per heavy atom. The number of alkyl halides is 3. The number of nitrogens with zero attached hydrogens (tertiary/aromatic N) is 5. The summed E-state index contributed by atoms with van der Waals surface area (Å²) < 4.78 is 46.9. The Bertz CT molecular complexity index is 1570. The number of hydrogen-bond donors (Lipinski definition) is 3. The maximum atomic E-state index is 13.8. The first kappa shape index (κ1) is 31.8. The summed E-state index contributed by atoms with van der Waals surface area (Å²) in [5.74, 6) is 0.374. The molecule has 0 spiro atoms. The maximum absolute atomic E-state index is 13.8. The Kier molecular flexibility index (Phi) is 9.59. The molecule has 2 aromatic carbocycles. The van der Waals surface area contributed by atoms with Gasteiger partial charge in [0.15, 0.2) is 0 Å². The van der Waals surface area contributed by atoms with Gasteiger partial charge < -0.3 is 35.8 Å². The number of hydrogen-bond acceptors (Lipinski definition) is 9. The van der Waals surface area contributed by atoms with Crippen molar-refractivity contribution in [2.45, 2.75) is 13.1 Å². The topological polar surface area (TPSA) is 111 Å². The zero-order valence-corrected chi connectivity index (χ0v) is 25.3. The highest BCUT2D eigenvalue weighted by molar-refractivity contribution is 6.16. The van der Waals surface area contributed by atoms with E-state index in [-0.39, 0.29) is 17.1 Å². The van der Waals surface area contributed by atoms with Crippen molar-refractivity contribution < 1.29 is 22.7 Å². The lowest BCUT2D eigenvalue weighted by Crippen LogP contribution is -2.44. The van der Waals surface area contributed by atoms with Gasteiger partial charge in [0, 0.05) is 68.1 Å². The molecule has 0 saturated carbocycles. The third-order valence-corrected chi connectivity index (χ3v) is 7.82. The van der Waals surface area contributed by atoms with Crippen LogP contribution in [0, 0.1) is 6.92 Å². The van der Waals surface area contributed by atoms with Crippen molar-refractivity contribution in [1.82, 2.24) is 9.80 Å². The molecular weight excluding hydrogens is 585 g/mol. The first-order valence-corrected chi connectivity index (χ1v) is 14.6. The molecule has 3 aliphatic heterocycles. The molecule has 1 amide bonds. The number of ether oxygens (including phenoxy) is 1. The average Bonchev–Trinajstić information content (AvgIpc) is 3.02. The summed E-state index contributed by atoms with van der Waals surface area (Å²) >= 11 is 0. The molecule has 45 heavy (non-hydrogen) atoms. The van der Waals surface area contributed by atoms with Gasteiger partial charge in [-0.15, -0.1) is 0 Å². The highest BCUT2D eigenvalue weighted by Gasteiger charge is 2.32. The van der Waals surface area contributed by atoms with Crippen LogP contribution >= 0.6 is 0 Å². The number of anilines is 3. The number of piperazine rings is 1. The number of aryl methyl sites for hydroxylation is 1. The molecule has 2 saturated heterocycles. The molecule has 13 heteroatoms. The van der Waals surface area contributed by atoms with E-state index in [9.17, 15) is 18.0 Å². The largest absolute Gasteiger partial charge is 0.416 e. The van der Waals surface area contributed by atoms with Gasteiger partial charge in [0.25, 0.3) is 5.91 Å². The second kappa shape index (κ2) is 13.6. The van der Waals surface area contributed by atoms with Crippen molar-refractivity contribution in [3.8, 4) is 0 Å². The fraction of sp³-hybridized carbons (Fsp3) is 0.344. The summed E-state index contributed by atoms with van der Waals surface area (Å²) in [6, 6.07) is 8.60. The molecule has 0 unspecified atom stereocenters. The fourth-order valence-electron chi connectivity index (χ4n) is 5.21. The van der Waals surface area contributed by atoms with Crippen LogP contribution in [-0.2, 0) is 10.9 Å². The Balaban J connectivity index is 1.40. The second-order valence-corrected chi connectivity index (χ2v) is 11.0. The lowest BCUT2D eigenvalue weighted by Gasteiger charge is -2.34. The number of allylic oxidation sites excluding steroid dienone is 1. The zero-order valence-electron chi connectivity index (χ0n) is 25.3. The van der Waals surface area contributed by atoms with E-state index in [1.54, 1.807) is 24.3 Å². The molecule has 238 valence electrons. The smallest absolute Gasteiger partial charge is 0.383 e. The number of amidine groups is 1. The maximum Gasteiger partial charge on any atom is 0.416 e. The van der Waals surface area contributed by atoms with E-state index in [1.807, 2.05) is 31.0 Å². The number of dihydropyridines is 1. The second-order valence-electron chi connectivity index (χ2n) is 11.0. The quantitative estimate of drug-likeness (QED) is 0.437. The minimum absolute atomic E-state index is 0.0599. The first-order valence-electron chi connectivity index (χ1n) is 14.6. The van der Waals surface area contributed by atoms with Crippen molar-refractivity contribution in [2.75, 3.05) is 75.1 Å². The van der Waals surface area contributed by atoms with E-state index >= 15 is 0 Å². The summed E-state index contributed by atoms with van der Waals surface area (Å²) in [6.45, 7) is 10.7. The predicted octanol–water partition coefficient (Wildman–Crippen LogP) is 4.44. The monoisotopic (exact) mass is 622 g/mol. The first-order chi connectivity index (χ1) is 21.5. The van der Waals surface area contributed by atoms with Crippen molar-refractivity contribution in [3.05, 3.63) is 89.5 Å². The number of aliphatic imine (C=N–C) groups is 2. The lowest BCUT2D eigenvalue weighted by atomic mass is 10.1. The zero-order chi connectivity index (χ0) is 32.1. The summed E-state index contributed by atoms with van der Waals surface area (Å²) in [5, 5.41) is 5.82. The van der Waals surface area contributed by atoms with Crippen LogP contribution in [-0.4, -0.2) is 86.8 Å².